The molecule has 0 fully saturated rings. The number of carboxylic acid groups (broad SMARTS) is 1. The number of carboxylic acids is 1. The Morgan fingerprint density at radius 1 is 1.20 bits per heavy atom. The molecule has 4 nitrogen and oxygen atoms in total. The highest BCUT2D eigenvalue weighted by Crippen LogP contribution is 2.25. The van der Waals surface area contributed by atoms with Crippen molar-refractivity contribution in [1.29, 1.82) is 0 Å². The zero-order valence-corrected chi connectivity index (χ0v) is 12.1. The van der Waals surface area contributed by atoms with Crippen molar-refractivity contribution in [2.75, 3.05) is 0 Å². The number of nitrogens with two attached hydrogens (primary N) is 1. The Morgan fingerprint density at radius 3 is 2.25 bits per heavy atom. The molecule has 0 radical (unpaired) electrons. The number of Topliss-reactive ketones (excluding diaryl/α,β-unsaturated/α-hetero) is 1. The summed E-state index contributed by atoms with van der Waals surface area (Å²) in [5, 5.41) is 9.12. The fourth-order valence-electron chi connectivity index (χ4n) is 2.61. The van der Waals surface area contributed by atoms with Crippen molar-refractivity contribution >= 4 is 11.8 Å². The molecule has 1 aromatic carbocycles. The normalized spacial score (nSPS) is 15.3. The molecular weight excluding hydrogens is 254 g/mol. The van der Waals surface area contributed by atoms with Gasteiger partial charge in [0.05, 0.1) is 0 Å². The first-order valence-corrected chi connectivity index (χ1v) is 7.06. The van der Waals surface area contributed by atoms with E-state index in [4.69, 9.17) is 10.8 Å². The van der Waals surface area contributed by atoms with Crippen LogP contribution in [-0.2, 0) is 16.0 Å². The number of benzene rings is 1. The van der Waals surface area contributed by atoms with Crippen LogP contribution in [0.1, 0.15) is 32.3 Å². The molecule has 1 rings (SSSR count). The topological polar surface area (TPSA) is 80.4 Å². The number of carbonyl (C=O) groups excluding carboxylic acids is 1. The van der Waals surface area contributed by atoms with Gasteiger partial charge in [-0.25, -0.2) is 0 Å². The van der Waals surface area contributed by atoms with Crippen molar-refractivity contribution in [2.45, 2.75) is 39.2 Å². The third kappa shape index (κ3) is 4.17. The molecule has 0 aliphatic carbocycles. The Kier molecular flexibility index (Phi) is 6.39. The zero-order valence-electron chi connectivity index (χ0n) is 12.1. The summed E-state index contributed by atoms with van der Waals surface area (Å²) in [6, 6.07) is 8.66. The van der Waals surface area contributed by atoms with E-state index in [1.54, 1.807) is 6.92 Å². The molecule has 0 aromatic heterocycles. The lowest BCUT2D eigenvalue weighted by Gasteiger charge is -2.28. The van der Waals surface area contributed by atoms with E-state index in [0.29, 0.717) is 19.3 Å². The Hall–Kier alpha value is -1.68. The fraction of sp³-hybridized carbons (Fsp3) is 0.500. The SMILES string of the molecule is CCC(=O)C(Cc1ccccc1)C(CC)[C@H](N)C(=O)O. The van der Waals surface area contributed by atoms with Crippen LogP contribution in [0.2, 0.25) is 0 Å². The monoisotopic (exact) mass is 277 g/mol. The largest absolute Gasteiger partial charge is 0.480 e. The molecular formula is C16H23NO3. The number of carbonyl (C=O) groups is 2. The smallest absolute Gasteiger partial charge is 0.320 e. The molecule has 0 spiro atoms. The minimum absolute atomic E-state index is 0.0809. The van der Waals surface area contributed by atoms with Gasteiger partial charge in [-0.05, 0) is 17.9 Å². The third-order valence-electron chi connectivity index (χ3n) is 3.80. The van der Waals surface area contributed by atoms with Gasteiger partial charge in [-0.15, -0.1) is 0 Å². The summed E-state index contributed by atoms with van der Waals surface area (Å²) in [7, 11) is 0. The van der Waals surface area contributed by atoms with Crippen molar-refractivity contribution in [1.82, 2.24) is 0 Å². The molecule has 0 aliphatic heterocycles. The van der Waals surface area contributed by atoms with Gasteiger partial charge in [-0.1, -0.05) is 50.6 Å². The Labute approximate surface area is 120 Å². The molecule has 0 saturated heterocycles. The molecule has 110 valence electrons. The van der Waals surface area contributed by atoms with E-state index in [2.05, 4.69) is 0 Å². The predicted octanol–water partition coefficient (Wildman–Crippen LogP) is 2.26. The summed E-state index contributed by atoms with van der Waals surface area (Å²) in [5.41, 5.74) is 6.80. The maximum atomic E-state index is 12.2. The van der Waals surface area contributed by atoms with Crippen molar-refractivity contribution in [2.24, 2.45) is 17.6 Å². The Morgan fingerprint density at radius 2 is 1.80 bits per heavy atom. The first-order valence-electron chi connectivity index (χ1n) is 7.06. The van der Waals surface area contributed by atoms with Gasteiger partial charge in [0.1, 0.15) is 11.8 Å². The van der Waals surface area contributed by atoms with E-state index < -0.39 is 12.0 Å². The number of ketones is 1. The van der Waals surface area contributed by atoms with E-state index in [-0.39, 0.29) is 17.6 Å². The molecule has 0 heterocycles. The van der Waals surface area contributed by atoms with E-state index in [0.717, 1.165) is 5.56 Å². The minimum Gasteiger partial charge on any atom is -0.480 e. The second-order valence-corrected chi connectivity index (χ2v) is 5.05. The molecule has 1 aromatic rings. The van der Waals surface area contributed by atoms with Crippen LogP contribution in [0.3, 0.4) is 0 Å². The maximum absolute atomic E-state index is 12.2. The van der Waals surface area contributed by atoms with Crippen LogP contribution >= 0.6 is 0 Å². The molecule has 0 bridgehead atoms. The second kappa shape index (κ2) is 7.80. The van der Waals surface area contributed by atoms with Gasteiger partial charge >= 0.3 is 5.97 Å². The molecule has 2 unspecified atom stereocenters. The molecule has 4 heteroatoms. The quantitative estimate of drug-likeness (QED) is 0.763. The average Bonchev–Trinajstić information content (AvgIpc) is 2.46. The van der Waals surface area contributed by atoms with Crippen LogP contribution in [0.15, 0.2) is 30.3 Å². The highest BCUT2D eigenvalue weighted by atomic mass is 16.4. The van der Waals surface area contributed by atoms with E-state index in [9.17, 15) is 9.59 Å². The Bertz CT molecular complexity index is 444. The van der Waals surface area contributed by atoms with Gasteiger partial charge in [-0.3, -0.25) is 9.59 Å². The van der Waals surface area contributed by atoms with E-state index >= 15 is 0 Å². The number of hydrogen-bond acceptors (Lipinski definition) is 3. The number of hydrogen-bond donors (Lipinski definition) is 2. The lowest BCUT2D eigenvalue weighted by Crippen LogP contribution is -2.44. The van der Waals surface area contributed by atoms with Crippen LogP contribution in [0.5, 0.6) is 0 Å². The van der Waals surface area contributed by atoms with E-state index in [1.807, 2.05) is 37.3 Å². The maximum Gasteiger partial charge on any atom is 0.320 e. The lowest BCUT2D eigenvalue weighted by atomic mass is 9.77. The van der Waals surface area contributed by atoms with Crippen LogP contribution in [0.4, 0.5) is 0 Å². The third-order valence-corrected chi connectivity index (χ3v) is 3.80. The van der Waals surface area contributed by atoms with E-state index in [1.165, 1.54) is 0 Å². The first-order chi connectivity index (χ1) is 9.51. The molecule has 0 aliphatic rings. The van der Waals surface area contributed by atoms with Crippen LogP contribution in [0.25, 0.3) is 0 Å². The van der Waals surface area contributed by atoms with Crippen molar-refractivity contribution in [3.8, 4) is 0 Å². The summed E-state index contributed by atoms with van der Waals surface area (Å²) < 4.78 is 0. The molecule has 20 heavy (non-hydrogen) atoms. The van der Waals surface area contributed by atoms with Crippen molar-refractivity contribution < 1.29 is 14.7 Å². The molecule has 3 N–H and O–H groups in total. The standard InChI is InChI=1S/C16H23NO3/c1-3-12(15(17)16(19)20)13(14(18)4-2)10-11-8-6-5-7-9-11/h5-9,12-13,15H,3-4,10,17H2,1-2H3,(H,19,20)/t12?,13?,15-/m0/s1. The second-order valence-electron chi connectivity index (χ2n) is 5.05. The number of rotatable bonds is 8. The Balaban J connectivity index is 2.98. The summed E-state index contributed by atoms with van der Waals surface area (Å²) in [6.45, 7) is 3.69. The van der Waals surface area contributed by atoms with Crippen LogP contribution in [0, 0.1) is 11.8 Å². The highest BCUT2D eigenvalue weighted by Gasteiger charge is 2.33. The lowest BCUT2D eigenvalue weighted by molar-refractivity contribution is -0.141. The molecule has 0 amide bonds. The van der Waals surface area contributed by atoms with Crippen LogP contribution < -0.4 is 5.73 Å². The summed E-state index contributed by atoms with van der Waals surface area (Å²) >= 11 is 0. The van der Waals surface area contributed by atoms with Gasteiger partial charge < -0.3 is 10.8 Å². The highest BCUT2D eigenvalue weighted by molar-refractivity contribution is 5.83. The summed E-state index contributed by atoms with van der Waals surface area (Å²) in [4.78, 5) is 23.3. The van der Waals surface area contributed by atoms with Crippen molar-refractivity contribution in [3.63, 3.8) is 0 Å². The first kappa shape index (κ1) is 16.4. The van der Waals surface area contributed by atoms with Crippen molar-refractivity contribution in [3.05, 3.63) is 35.9 Å². The van der Waals surface area contributed by atoms with Gasteiger partial charge in [0, 0.05) is 12.3 Å². The van der Waals surface area contributed by atoms with Crippen LogP contribution in [-0.4, -0.2) is 22.9 Å². The molecule has 3 atom stereocenters. The van der Waals surface area contributed by atoms with Gasteiger partial charge in [0.15, 0.2) is 0 Å². The minimum atomic E-state index is -1.04. The van der Waals surface area contributed by atoms with Gasteiger partial charge in [-0.2, -0.15) is 0 Å². The zero-order chi connectivity index (χ0) is 15.1. The summed E-state index contributed by atoms with van der Waals surface area (Å²) in [6.07, 6.45) is 1.53. The average molecular weight is 277 g/mol. The van der Waals surface area contributed by atoms with Gasteiger partial charge in [0.2, 0.25) is 0 Å². The predicted molar refractivity (Wildman–Crippen MR) is 78.3 cm³/mol. The summed E-state index contributed by atoms with van der Waals surface area (Å²) in [5.74, 6) is -1.63. The van der Waals surface area contributed by atoms with Gasteiger partial charge in [0.25, 0.3) is 0 Å². The molecule has 0 saturated carbocycles. The fourth-order valence-corrected chi connectivity index (χ4v) is 2.61. The number of aliphatic carboxylic acids is 1.